The molecule has 0 saturated heterocycles. The Labute approximate surface area is 169 Å². The van der Waals surface area contributed by atoms with Crippen LogP contribution in [0.5, 0.6) is 0 Å². The number of nitrogens with zero attached hydrogens (tertiary/aromatic N) is 1. The summed E-state index contributed by atoms with van der Waals surface area (Å²) in [4.78, 5) is 28.5. The number of carbonyl (C=O) groups is 2. The molecule has 2 aromatic carbocycles. The van der Waals surface area contributed by atoms with Crippen LogP contribution in [-0.2, 0) is 4.74 Å². The maximum absolute atomic E-state index is 12.1. The van der Waals surface area contributed by atoms with E-state index in [4.69, 9.17) is 4.74 Å². The lowest BCUT2D eigenvalue weighted by Gasteiger charge is -2.06. The first-order valence-electron chi connectivity index (χ1n) is 8.18. The van der Waals surface area contributed by atoms with E-state index in [0.717, 1.165) is 10.2 Å². The van der Waals surface area contributed by atoms with Crippen LogP contribution in [-0.4, -0.2) is 23.3 Å². The van der Waals surface area contributed by atoms with Gasteiger partial charge in [0.25, 0.3) is 0 Å². The highest BCUT2D eigenvalue weighted by atomic mass is 79.9. The number of ketones is 1. The number of anilines is 2. The molecule has 0 bridgehead atoms. The summed E-state index contributed by atoms with van der Waals surface area (Å²) in [5.41, 5.74) is 3.93. The van der Waals surface area contributed by atoms with E-state index in [9.17, 15) is 9.59 Å². The highest BCUT2D eigenvalue weighted by Gasteiger charge is 2.15. The van der Waals surface area contributed by atoms with Crippen molar-refractivity contribution in [2.75, 3.05) is 11.9 Å². The van der Waals surface area contributed by atoms with Gasteiger partial charge < -0.3 is 10.1 Å². The van der Waals surface area contributed by atoms with E-state index in [-0.39, 0.29) is 18.1 Å². The van der Waals surface area contributed by atoms with Crippen molar-refractivity contribution in [1.29, 1.82) is 0 Å². The number of Topliss-reactive ketones (excluding diaryl/α,β-unsaturated/α-hetero) is 1. The molecule has 3 aromatic rings. The second-order valence-electron chi connectivity index (χ2n) is 5.97. The lowest BCUT2D eigenvalue weighted by molar-refractivity contribution is 0.0470. The molecule has 3 rings (SSSR count). The molecule has 0 aliphatic heterocycles. The molecule has 7 heteroatoms. The number of ether oxygens (including phenoxy) is 1. The van der Waals surface area contributed by atoms with Crippen molar-refractivity contribution in [2.24, 2.45) is 0 Å². The molecule has 0 radical (unpaired) electrons. The van der Waals surface area contributed by atoms with Gasteiger partial charge in [0.05, 0.1) is 0 Å². The van der Waals surface area contributed by atoms with Crippen molar-refractivity contribution in [1.82, 2.24) is 4.98 Å². The summed E-state index contributed by atoms with van der Waals surface area (Å²) in [6.45, 7) is 3.76. The van der Waals surface area contributed by atoms with Gasteiger partial charge in [-0.05, 0) is 49.2 Å². The summed E-state index contributed by atoms with van der Waals surface area (Å²) in [6.07, 6.45) is 0. The van der Waals surface area contributed by atoms with Crippen LogP contribution in [0.25, 0.3) is 0 Å². The fraction of sp³-hybridized carbons (Fsp3) is 0.150. The second-order valence-corrected chi connectivity index (χ2v) is 7.75. The summed E-state index contributed by atoms with van der Waals surface area (Å²) < 4.78 is 5.89. The monoisotopic (exact) mass is 444 g/mol. The van der Waals surface area contributed by atoms with E-state index in [0.29, 0.717) is 10.7 Å². The zero-order chi connectivity index (χ0) is 19.4. The highest BCUT2D eigenvalue weighted by molar-refractivity contribution is 9.10. The SMILES string of the molecule is Cc1ccc(Nc2nc(C(=O)OCC(=O)c3cccc(Br)c3)cs2)cc1C. The molecular weight excluding hydrogens is 428 g/mol. The van der Waals surface area contributed by atoms with Gasteiger partial charge in [-0.15, -0.1) is 11.3 Å². The molecular formula is C20H17BrN2O3S. The second kappa shape index (κ2) is 8.45. The zero-order valence-electron chi connectivity index (χ0n) is 14.8. The summed E-state index contributed by atoms with van der Waals surface area (Å²) in [5.74, 6) is -0.893. The van der Waals surface area contributed by atoms with Gasteiger partial charge in [-0.25, -0.2) is 9.78 Å². The van der Waals surface area contributed by atoms with Gasteiger partial charge in [0.1, 0.15) is 0 Å². The molecule has 1 N–H and O–H groups in total. The predicted molar refractivity (Wildman–Crippen MR) is 110 cm³/mol. The van der Waals surface area contributed by atoms with Crippen LogP contribution < -0.4 is 5.32 Å². The molecule has 0 fully saturated rings. The van der Waals surface area contributed by atoms with Crippen molar-refractivity contribution in [3.8, 4) is 0 Å². The number of aryl methyl sites for hydroxylation is 2. The first kappa shape index (κ1) is 19.3. The number of thiazole rings is 1. The lowest BCUT2D eigenvalue weighted by Crippen LogP contribution is -2.14. The highest BCUT2D eigenvalue weighted by Crippen LogP contribution is 2.23. The van der Waals surface area contributed by atoms with Crippen molar-refractivity contribution in [3.63, 3.8) is 0 Å². The molecule has 0 atom stereocenters. The van der Waals surface area contributed by atoms with Gasteiger partial charge in [0.15, 0.2) is 23.2 Å². The third-order valence-corrected chi connectivity index (χ3v) is 5.20. The average molecular weight is 445 g/mol. The molecule has 0 spiro atoms. The number of hydrogen-bond donors (Lipinski definition) is 1. The van der Waals surface area contributed by atoms with Crippen molar-refractivity contribution in [2.45, 2.75) is 13.8 Å². The molecule has 0 unspecified atom stereocenters. The summed E-state index contributed by atoms with van der Waals surface area (Å²) in [6, 6.07) is 12.9. The van der Waals surface area contributed by atoms with Crippen LogP contribution in [0, 0.1) is 13.8 Å². The van der Waals surface area contributed by atoms with Crippen LogP contribution in [0.4, 0.5) is 10.8 Å². The Hall–Kier alpha value is -2.51. The van der Waals surface area contributed by atoms with Crippen molar-refractivity contribution >= 4 is 49.8 Å². The normalized spacial score (nSPS) is 10.5. The molecule has 1 heterocycles. The number of hydrogen-bond acceptors (Lipinski definition) is 6. The first-order valence-corrected chi connectivity index (χ1v) is 9.85. The Kier molecular flexibility index (Phi) is 6.03. The van der Waals surface area contributed by atoms with Crippen molar-refractivity contribution < 1.29 is 14.3 Å². The number of nitrogens with one attached hydrogen (secondary N) is 1. The quantitative estimate of drug-likeness (QED) is 0.412. The Morgan fingerprint density at radius 2 is 1.96 bits per heavy atom. The van der Waals surface area contributed by atoms with E-state index in [1.807, 2.05) is 38.1 Å². The largest absolute Gasteiger partial charge is 0.453 e. The van der Waals surface area contributed by atoms with Gasteiger partial charge in [-0.2, -0.15) is 0 Å². The Bertz CT molecular complexity index is 1000. The van der Waals surface area contributed by atoms with Crippen LogP contribution in [0.3, 0.4) is 0 Å². The van der Waals surface area contributed by atoms with E-state index in [2.05, 4.69) is 26.2 Å². The van der Waals surface area contributed by atoms with Crippen LogP contribution in [0.15, 0.2) is 52.3 Å². The third kappa shape index (κ3) is 5.02. The van der Waals surface area contributed by atoms with Gasteiger partial charge in [0.2, 0.25) is 0 Å². The zero-order valence-corrected chi connectivity index (χ0v) is 17.2. The fourth-order valence-electron chi connectivity index (χ4n) is 2.32. The summed E-state index contributed by atoms with van der Waals surface area (Å²) in [7, 11) is 0. The van der Waals surface area contributed by atoms with Crippen LogP contribution in [0.1, 0.15) is 32.0 Å². The number of halogens is 1. The summed E-state index contributed by atoms with van der Waals surface area (Å²) in [5, 5.41) is 5.36. The maximum atomic E-state index is 12.1. The first-order chi connectivity index (χ1) is 12.9. The van der Waals surface area contributed by atoms with E-state index in [1.54, 1.807) is 23.6 Å². The fourth-order valence-corrected chi connectivity index (χ4v) is 3.42. The smallest absolute Gasteiger partial charge is 0.358 e. The van der Waals surface area contributed by atoms with Gasteiger partial charge in [-0.3, -0.25) is 4.79 Å². The lowest BCUT2D eigenvalue weighted by atomic mass is 10.1. The number of carbonyl (C=O) groups excluding carboxylic acids is 2. The minimum absolute atomic E-state index is 0.174. The third-order valence-electron chi connectivity index (χ3n) is 3.95. The Morgan fingerprint density at radius 1 is 1.15 bits per heavy atom. The molecule has 0 amide bonds. The average Bonchev–Trinajstić information content (AvgIpc) is 3.11. The van der Waals surface area contributed by atoms with E-state index >= 15 is 0 Å². The molecule has 0 saturated carbocycles. The topological polar surface area (TPSA) is 68.3 Å². The molecule has 138 valence electrons. The van der Waals surface area contributed by atoms with E-state index < -0.39 is 5.97 Å². The predicted octanol–water partition coefficient (Wildman–Crippen LogP) is 5.31. The van der Waals surface area contributed by atoms with Crippen LogP contribution in [0.2, 0.25) is 0 Å². The Balaban J connectivity index is 1.59. The van der Waals surface area contributed by atoms with Gasteiger partial charge in [-0.1, -0.05) is 34.1 Å². The molecule has 5 nitrogen and oxygen atoms in total. The van der Waals surface area contributed by atoms with E-state index in [1.165, 1.54) is 22.5 Å². The Morgan fingerprint density at radius 3 is 2.70 bits per heavy atom. The maximum Gasteiger partial charge on any atom is 0.358 e. The number of esters is 1. The van der Waals surface area contributed by atoms with Gasteiger partial charge >= 0.3 is 5.97 Å². The number of benzene rings is 2. The van der Waals surface area contributed by atoms with Gasteiger partial charge in [0, 0.05) is 21.1 Å². The molecule has 0 aliphatic carbocycles. The van der Waals surface area contributed by atoms with Crippen LogP contribution >= 0.6 is 27.3 Å². The number of aromatic nitrogens is 1. The number of rotatable bonds is 6. The minimum atomic E-state index is -0.622. The van der Waals surface area contributed by atoms with Crippen molar-refractivity contribution in [3.05, 3.63) is 74.7 Å². The molecule has 27 heavy (non-hydrogen) atoms. The standard InChI is InChI=1S/C20H17BrN2O3S/c1-12-6-7-16(8-13(12)2)22-20-23-17(11-27-20)19(25)26-10-18(24)14-4-3-5-15(21)9-14/h3-9,11H,10H2,1-2H3,(H,22,23). The summed E-state index contributed by atoms with van der Waals surface area (Å²) >= 11 is 4.61. The minimum Gasteiger partial charge on any atom is -0.453 e. The molecule has 0 aliphatic rings. The molecule has 1 aromatic heterocycles.